The van der Waals surface area contributed by atoms with Crippen molar-refractivity contribution in [3.63, 3.8) is 0 Å². The van der Waals surface area contributed by atoms with Crippen molar-refractivity contribution < 1.29 is 28.2 Å². The summed E-state index contributed by atoms with van der Waals surface area (Å²) in [5.41, 5.74) is -2.15. The maximum Gasteiger partial charge on any atom is 0.364 e. The molecule has 1 heterocycles. The molecule has 0 saturated carbocycles. The van der Waals surface area contributed by atoms with Crippen molar-refractivity contribution >= 4 is 33.6 Å². The summed E-state index contributed by atoms with van der Waals surface area (Å²) in [5.74, 6) is -3.50. The standard InChI is InChI=1S/C4H2N2O6S/c7-3(8)1-2(4(9)10)6-13(11,12)5-1/h(H,7,8)(H,9,10). The molecule has 0 amide bonds. The van der Waals surface area contributed by atoms with Crippen LogP contribution in [0.15, 0.2) is 8.80 Å². The maximum absolute atomic E-state index is 10.6. The van der Waals surface area contributed by atoms with Gasteiger partial charge in [0.1, 0.15) is 0 Å². The van der Waals surface area contributed by atoms with Crippen LogP contribution in [0.2, 0.25) is 0 Å². The maximum atomic E-state index is 10.6. The van der Waals surface area contributed by atoms with Crippen molar-refractivity contribution in [3.8, 4) is 0 Å². The molecule has 0 spiro atoms. The number of carboxylic acids is 2. The van der Waals surface area contributed by atoms with E-state index in [0.29, 0.717) is 0 Å². The Morgan fingerprint density at radius 2 is 1.31 bits per heavy atom. The van der Waals surface area contributed by atoms with Crippen LogP contribution >= 0.6 is 0 Å². The second-order valence-corrected chi connectivity index (χ2v) is 3.20. The van der Waals surface area contributed by atoms with Gasteiger partial charge in [-0.2, -0.15) is 8.42 Å². The number of hydrogen-bond acceptors (Lipinski definition) is 4. The fourth-order valence-electron chi connectivity index (χ4n) is 0.618. The molecule has 70 valence electrons. The van der Waals surface area contributed by atoms with Gasteiger partial charge in [-0.1, -0.05) is 0 Å². The molecule has 1 aliphatic heterocycles. The summed E-state index contributed by atoms with van der Waals surface area (Å²) in [5, 5.41) is 16.7. The third-order valence-electron chi connectivity index (χ3n) is 1.04. The summed E-state index contributed by atoms with van der Waals surface area (Å²) in [6, 6.07) is 0. The Kier molecular flexibility index (Phi) is 1.88. The molecule has 8 nitrogen and oxygen atoms in total. The summed E-state index contributed by atoms with van der Waals surface area (Å²) in [6.07, 6.45) is 0. The van der Waals surface area contributed by atoms with E-state index in [1.165, 1.54) is 0 Å². The third kappa shape index (κ3) is 1.69. The molecule has 9 heteroatoms. The third-order valence-corrected chi connectivity index (χ3v) is 1.87. The highest BCUT2D eigenvalue weighted by molar-refractivity contribution is 7.90. The van der Waals surface area contributed by atoms with E-state index in [1.54, 1.807) is 0 Å². The molecule has 2 N–H and O–H groups in total. The summed E-state index contributed by atoms with van der Waals surface area (Å²) < 4.78 is 26.4. The van der Waals surface area contributed by atoms with E-state index < -0.39 is 33.6 Å². The fourth-order valence-corrected chi connectivity index (χ4v) is 1.45. The van der Waals surface area contributed by atoms with Gasteiger partial charge in [0.25, 0.3) is 0 Å². The molecule has 0 fully saturated rings. The highest BCUT2D eigenvalue weighted by atomic mass is 32.2. The van der Waals surface area contributed by atoms with Crippen LogP contribution in [0.5, 0.6) is 0 Å². The predicted octanol–water partition coefficient (Wildman–Crippen LogP) is -1.70. The van der Waals surface area contributed by atoms with Gasteiger partial charge in [0, 0.05) is 0 Å². The second kappa shape index (κ2) is 2.62. The lowest BCUT2D eigenvalue weighted by Gasteiger charge is -1.89. The minimum absolute atomic E-state index is 1.08. The average molecular weight is 206 g/mol. The van der Waals surface area contributed by atoms with Crippen molar-refractivity contribution in [2.45, 2.75) is 0 Å². The normalized spacial score (nSPS) is 19.1. The Bertz CT molecular complexity index is 407. The largest absolute Gasteiger partial charge is 0.476 e. The molecular weight excluding hydrogens is 204 g/mol. The lowest BCUT2D eigenvalue weighted by Crippen LogP contribution is -2.27. The van der Waals surface area contributed by atoms with E-state index in [1.807, 2.05) is 0 Å². The van der Waals surface area contributed by atoms with Crippen molar-refractivity contribution in [1.82, 2.24) is 0 Å². The molecular formula is C4H2N2O6S. The number of hydrogen-bond donors (Lipinski definition) is 2. The minimum atomic E-state index is -4.32. The van der Waals surface area contributed by atoms with Gasteiger partial charge in [-0.25, -0.2) is 9.59 Å². The second-order valence-electron chi connectivity index (χ2n) is 1.94. The Balaban J connectivity index is 3.34. The van der Waals surface area contributed by atoms with Crippen LogP contribution in [-0.4, -0.2) is 42.0 Å². The highest BCUT2D eigenvalue weighted by Gasteiger charge is 2.33. The van der Waals surface area contributed by atoms with Crippen LogP contribution in [0.1, 0.15) is 0 Å². The zero-order chi connectivity index (χ0) is 10.2. The Morgan fingerprint density at radius 3 is 1.54 bits per heavy atom. The average Bonchev–Trinajstić information content (AvgIpc) is 2.26. The van der Waals surface area contributed by atoms with Crippen molar-refractivity contribution in [2.75, 3.05) is 0 Å². The van der Waals surface area contributed by atoms with Gasteiger partial charge < -0.3 is 10.2 Å². The van der Waals surface area contributed by atoms with Crippen LogP contribution in [0, 0.1) is 0 Å². The Hall–Kier alpha value is -1.77. The van der Waals surface area contributed by atoms with E-state index in [0.717, 1.165) is 0 Å². The molecule has 0 saturated heterocycles. The first-order valence-electron chi connectivity index (χ1n) is 2.75. The molecule has 0 aromatic rings. The summed E-state index contributed by atoms with van der Waals surface area (Å²) in [4.78, 5) is 20.5. The highest BCUT2D eigenvalue weighted by Crippen LogP contribution is 2.07. The van der Waals surface area contributed by atoms with Gasteiger partial charge in [-0.3, -0.25) is 0 Å². The van der Waals surface area contributed by atoms with E-state index in [2.05, 4.69) is 8.80 Å². The number of nitrogens with zero attached hydrogens (tertiary/aromatic N) is 2. The molecule has 13 heavy (non-hydrogen) atoms. The van der Waals surface area contributed by atoms with Crippen molar-refractivity contribution in [2.24, 2.45) is 8.80 Å². The number of aliphatic carboxylic acids is 2. The summed E-state index contributed by atoms with van der Waals surface area (Å²) in [6.45, 7) is 0. The Labute approximate surface area is 71.4 Å². The summed E-state index contributed by atoms with van der Waals surface area (Å²) >= 11 is 0. The smallest absolute Gasteiger partial charge is 0.364 e. The predicted molar refractivity (Wildman–Crippen MR) is 39.1 cm³/mol. The van der Waals surface area contributed by atoms with Gasteiger partial charge in [-0.05, 0) is 0 Å². The molecule has 1 rings (SSSR count). The topological polar surface area (TPSA) is 133 Å². The monoisotopic (exact) mass is 206 g/mol. The lowest BCUT2D eigenvalue weighted by atomic mass is 10.2. The van der Waals surface area contributed by atoms with E-state index in [9.17, 15) is 18.0 Å². The zero-order valence-corrected chi connectivity index (χ0v) is 6.65. The van der Waals surface area contributed by atoms with E-state index >= 15 is 0 Å². The molecule has 1 aliphatic rings. The first kappa shape index (κ1) is 9.32. The van der Waals surface area contributed by atoms with Crippen molar-refractivity contribution in [1.29, 1.82) is 0 Å². The quantitative estimate of drug-likeness (QED) is 0.552. The summed E-state index contributed by atoms with van der Waals surface area (Å²) in [7, 11) is -4.32. The fraction of sp³-hybridized carbons (Fsp3) is 0. The molecule has 0 bridgehead atoms. The van der Waals surface area contributed by atoms with Gasteiger partial charge >= 0.3 is 22.1 Å². The van der Waals surface area contributed by atoms with Crippen LogP contribution in [-0.2, 0) is 19.8 Å². The molecule has 0 aromatic heterocycles. The molecule has 0 atom stereocenters. The molecule has 0 aliphatic carbocycles. The number of carboxylic acid groups (broad SMARTS) is 2. The van der Waals surface area contributed by atoms with Gasteiger partial charge in [-0.15, -0.1) is 8.80 Å². The van der Waals surface area contributed by atoms with Gasteiger partial charge in [0.05, 0.1) is 0 Å². The number of rotatable bonds is 2. The van der Waals surface area contributed by atoms with Gasteiger partial charge in [0.2, 0.25) is 0 Å². The first-order valence-corrected chi connectivity index (χ1v) is 4.15. The Morgan fingerprint density at radius 1 is 1.00 bits per heavy atom. The number of carbonyl (C=O) groups is 2. The zero-order valence-electron chi connectivity index (χ0n) is 5.83. The first-order chi connectivity index (χ1) is 5.83. The van der Waals surface area contributed by atoms with Crippen molar-refractivity contribution in [3.05, 3.63) is 0 Å². The van der Waals surface area contributed by atoms with Crippen LogP contribution in [0.4, 0.5) is 0 Å². The van der Waals surface area contributed by atoms with Crippen LogP contribution in [0.3, 0.4) is 0 Å². The molecule has 0 aromatic carbocycles. The molecule has 0 radical (unpaired) electrons. The molecule has 0 unspecified atom stereocenters. The van der Waals surface area contributed by atoms with Crippen LogP contribution < -0.4 is 0 Å². The van der Waals surface area contributed by atoms with Crippen LogP contribution in [0.25, 0.3) is 0 Å². The van der Waals surface area contributed by atoms with E-state index in [-0.39, 0.29) is 0 Å². The SMILES string of the molecule is O=C(O)C1=NS(=O)(=O)N=C1C(=O)O. The lowest BCUT2D eigenvalue weighted by molar-refractivity contribution is -0.131. The van der Waals surface area contributed by atoms with Gasteiger partial charge in [0.15, 0.2) is 11.4 Å². The van der Waals surface area contributed by atoms with E-state index in [4.69, 9.17) is 10.2 Å². The minimum Gasteiger partial charge on any atom is -0.476 e.